The van der Waals surface area contributed by atoms with Crippen molar-refractivity contribution in [3.63, 3.8) is 0 Å². The van der Waals surface area contributed by atoms with Crippen molar-refractivity contribution in [3.8, 4) is 0 Å². The Morgan fingerprint density at radius 3 is 1.65 bits per heavy atom. The van der Waals surface area contributed by atoms with Crippen LogP contribution in [0.3, 0.4) is 0 Å². The molecule has 1 fully saturated rings. The van der Waals surface area contributed by atoms with Gasteiger partial charge in [-0.2, -0.15) is 0 Å². The highest BCUT2D eigenvalue weighted by Gasteiger charge is 2.44. The molecule has 7 unspecified atom stereocenters. The summed E-state index contributed by atoms with van der Waals surface area (Å²) in [7, 11) is 0. The summed E-state index contributed by atoms with van der Waals surface area (Å²) in [6.45, 7) is 3.77. The summed E-state index contributed by atoms with van der Waals surface area (Å²) >= 11 is 0. The quantitative estimate of drug-likeness (QED) is 0.0307. The molecular weight excluding hydrogens is 622 g/mol. The van der Waals surface area contributed by atoms with Crippen molar-refractivity contribution < 1.29 is 39.8 Å². The second-order valence-corrected chi connectivity index (χ2v) is 14.4. The molecule has 0 aromatic heterocycles. The topological polar surface area (TPSA) is 149 Å². The zero-order valence-electron chi connectivity index (χ0n) is 31.5. The number of ether oxygens (including phenoxy) is 2. The molecule has 0 aliphatic carbocycles. The predicted molar refractivity (Wildman–Crippen MR) is 198 cm³/mol. The molecule has 6 N–H and O–H groups in total. The van der Waals surface area contributed by atoms with Gasteiger partial charge in [-0.05, 0) is 32.1 Å². The predicted octanol–water partition coefficient (Wildman–Crippen LogP) is 7.39. The number of unbranched alkanes of at least 4 members (excludes halogenated alkanes) is 21. The van der Waals surface area contributed by atoms with E-state index in [9.17, 15) is 30.3 Å². The van der Waals surface area contributed by atoms with Gasteiger partial charge >= 0.3 is 0 Å². The van der Waals surface area contributed by atoms with E-state index < -0.39 is 49.5 Å². The average molecular weight is 700 g/mol. The third kappa shape index (κ3) is 23.2. The molecule has 1 aliphatic heterocycles. The minimum atomic E-state index is -1.55. The summed E-state index contributed by atoms with van der Waals surface area (Å²) in [6.07, 6.45) is 26.6. The van der Waals surface area contributed by atoms with Crippen molar-refractivity contribution >= 4 is 5.91 Å². The highest BCUT2D eigenvalue weighted by molar-refractivity contribution is 5.76. The van der Waals surface area contributed by atoms with Gasteiger partial charge in [0.2, 0.25) is 5.91 Å². The van der Waals surface area contributed by atoms with Gasteiger partial charge < -0.3 is 40.3 Å². The van der Waals surface area contributed by atoms with Gasteiger partial charge in [0, 0.05) is 6.42 Å². The highest BCUT2D eigenvalue weighted by atomic mass is 16.7. The third-order valence-electron chi connectivity index (χ3n) is 9.87. The van der Waals surface area contributed by atoms with E-state index in [1.165, 1.54) is 116 Å². The Balaban J connectivity index is 2.36. The maximum atomic E-state index is 12.8. The summed E-state index contributed by atoms with van der Waals surface area (Å²) in [5.74, 6) is -0.180. The lowest BCUT2D eigenvalue weighted by Gasteiger charge is -2.40. The molecule has 0 aromatic rings. The number of hydrogen-bond acceptors (Lipinski definition) is 8. The first-order valence-electron chi connectivity index (χ1n) is 20.4. The molecule has 0 aromatic carbocycles. The van der Waals surface area contributed by atoms with Gasteiger partial charge in [-0.15, -0.1) is 0 Å². The lowest BCUT2D eigenvalue weighted by molar-refractivity contribution is -0.302. The van der Waals surface area contributed by atoms with E-state index in [2.05, 4.69) is 31.3 Å². The van der Waals surface area contributed by atoms with Crippen molar-refractivity contribution in [2.24, 2.45) is 0 Å². The van der Waals surface area contributed by atoms with Crippen molar-refractivity contribution in [2.45, 2.75) is 224 Å². The molecule has 290 valence electrons. The molecule has 1 saturated heterocycles. The molecule has 0 bridgehead atoms. The van der Waals surface area contributed by atoms with Gasteiger partial charge in [-0.1, -0.05) is 154 Å². The molecule has 9 heteroatoms. The van der Waals surface area contributed by atoms with Gasteiger partial charge in [-0.3, -0.25) is 4.79 Å². The van der Waals surface area contributed by atoms with Crippen LogP contribution in [-0.4, -0.2) is 87.5 Å². The fourth-order valence-corrected chi connectivity index (χ4v) is 6.52. The molecule has 1 rings (SSSR count). The van der Waals surface area contributed by atoms with Gasteiger partial charge in [0.05, 0.1) is 25.4 Å². The second-order valence-electron chi connectivity index (χ2n) is 14.4. The summed E-state index contributed by atoms with van der Waals surface area (Å²) < 4.78 is 11.2. The van der Waals surface area contributed by atoms with Crippen molar-refractivity contribution in [1.82, 2.24) is 5.32 Å². The van der Waals surface area contributed by atoms with Crippen LogP contribution in [0.25, 0.3) is 0 Å². The number of allylic oxidation sites excluding steroid dienone is 2. The maximum Gasteiger partial charge on any atom is 0.220 e. The standard InChI is InChI=1S/C40H77NO8/c1-3-5-7-9-11-13-14-15-16-17-18-19-20-22-23-25-27-29-34(43)33(32-48-40-39(47)38(46)37(45)35(31-42)49-40)41-36(44)30-28-26-24-21-12-10-8-6-4-2/h21,24,33-35,37-40,42-43,45-47H,3-20,22-23,25-32H2,1-2H3,(H,41,44)/b24-21-. The number of nitrogens with one attached hydrogen (secondary N) is 1. The van der Waals surface area contributed by atoms with Crippen LogP contribution in [0.1, 0.15) is 181 Å². The van der Waals surface area contributed by atoms with E-state index in [4.69, 9.17) is 9.47 Å². The number of aliphatic hydroxyl groups is 5. The Labute approximate surface area is 299 Å². The van der Waals surface area contributed by atoms with Crippen LogP contribution < -0.4 is 5.32 Å². The number of amides is 1. The van der Waals surface area contributed by atoms with Gasteiger partial charge in [0.15, 0.2) is 6.29 Å². The summed E-state index contributed by atoms with van der Waals surface area (Å²) in [5.41, 5.74) is 0. The number of carbonyl (C=O) groups excluding carboxylic acids is 1. The minimum absolute atomic E-state index is 0.147. The molecule has 0 spiro atoms. The first-order chi connectivity index (χ1) is 23.8. The molecule has 49 heavy (non-hydrogen) atoms. The molecule has 1 heterocycles. The van der Waals surface area contributed by atoms with Crippen LogP contribution >= 0.6 is 0 Å². The normalized spacial score (nSPS) is 22.5. The zero-order valence-corrected chi connectivity index (χ0v) is 31.5. The van der Waals surface area contributed by atoms with Crippen molar-refractivity contribution in [1.29, 1.82) is 0 Å². The van der Waals surface area contributed by atoms with E-state index >= 15 is 0 Å². The Bertz CT molecular complexity index is 781. The maximum absolute atomic E-state index is 12.8. The number of carbonyl (C=O) groups is 1. The molecule has 1 amide bonds. The largest absolute Gasteiger partial charge is 0.394 e. The first-order valence-corrected chi connectivity index (χ1v) is 20.4. The van der Waals surface area contributed by atoms with Crippen LogP contribution in [0.2, 0.25) is 0 Å². The molecule has 0 saturated carbocycles. The summed E-state index contributed by atoms with van der Waals surface area (Å²) in [4.78, 5) is 12.8. The Kier molecular flexibility index (Phi) is 29.7. The molecular formula is C40H77NO8. The van der Waals surface area contributed by atoms with Gasteiger partial charge in [-0.25, -0.2) is 0 Å². The van der Waals surface area contributed by atoms with Crippen LogP contribution in [0.4, 0.5) is 0 Å². The van der Waals surface area contributed by atoms with Crippen LogP contribution in [0, 0.1) is 0 Å². The van der Waals surface area contributed by atoms with E-state index in [0.717, 1.165) is 32.1 Å². The summed E-state index contributed by atoms with van der Waals surface area (Å²) in [6, 6.07) is -0.727. The molecule has 1 aliphatic rings. The molecule has 7 atom stereocenters. The lowest BCUT2D eigenvalue weighted by atomic mass is 9.99. The highest BCUT2D eigenvalue weighted by Crippen LogP contribution is 2.23. The van der Waals surface area contributed by atoms with Gasteiger partial charge in [0.25, 0.3) is 0 Å². The zero-order chi connectivity index (χ0) is 36.0. The first kappa shape index (κ1) is 46.0. The smallest absolute Gasteiger partial charge is 0.220 e. The number of aliphatic hydroxyl groups excluding tert-OH is 5. The van der Waals surface area contributed by atoms with Crippen molar-refractivity contribution in [2.75, 3.05) is 13.2 Å². The van der Waals surface area contributed by atoms with E-state index in [1.807, 2.05) is 0 Å². The summed E-state index contributed by atoms with van der Waals surface area (Å²) in [5, 5.41) is 54.0. The van der Waals surface area contributed by atoms with E-state index in [0.29, 0.717) is 19.3 Å². The van der Waals surface area contributed by atoms with Crippen LogP contribution in [0.5, 0.6) is 0 Å². The monoisotopic (exact) mass is 700 g/mol. The Morgan fingerprint density at radius 2 is 1.14 bits per heavy atom. The van der Waals surface area contributed by atoms with Crippen LogP contribution in [0.15, 0.2) is 12.2 Å². The minimum Gasteiger partial charge on any atom is -0.394 e. The van der Waals surface area contributed by atoms with Crippen LogP contribution in [-0.2, 0) is 14.3 Å². The Morgan fingerprint density at radius 1 is 0.673 bits per heavy atom. The van der Waals surface area contributed by atoms with E-state index in [-0.39, 0.29) is 12.5 Å². The molecule has 9 nitrogen and oxygen atoms in total. The molecule has 0 radical (unpaired) electrons. The Hall–Kier alpha value is -1.07. The fraction of sp³-hybridized carbons (Fsp3) is 0.925. The number of rotatable bonds is 33. The van der Waals surface area contributed by atoms with Gasteiger partial charge in [0.1, 0.15) is 24.4 Å². The average Bonchev–Trinajstić information content (AvgIpc) is 3.10. The third-order valence-corrected chi connectivity index (χ3v) is 9.87. The SMILES string of the molecule is CCCCCC/C=C\CCCC(=O)NC(COC1OC(CO)C(O)C(O)C1O)C(O)CCCCCCCCCCCCCCCCCCC. The number of hydrogen-bond donors (Lipinski definition) is 6. The fourth-order valence-electron chi connectivity index (χ4n) is 6.52. The van der Waals surface area contributed by atoms with Crippen molar-refractivity contribution in [3.05, 3.63) is 12.2 Å². The van der Waals surface area contributed by atoms with E-state index in [1.54, 1.807) is 0 Å². The lowest BCUT2D eigenvalue weighted by Crippen LogP contribution is -2.60. The second kappa shape index (κ2) is 31.6.